The molecule has 0 amide bonds. The summed E-state index contributed by atoms with van der Waals surface area (Å²) in [6, 6.07) is 13.3. The molecule has 2 aromatic heterocycles. The number of methoxy groups -OCH3 is 1. The van der Waals surface area contributed by atoms with Gasteiger partial charge in [-0.2, -0.15) is 5.26 Å². The van der Waals surface area contributed by atoms with Gasteiger partial charge in [0.05, 0.1) is 18.4 Å². The van der Waals surface area contributed by atoms with E-state index in [2.05, 4.69) is 21.4 Å². The van der Waals surface area contributed by atoms with E-state index in [0.717, 1.165) is 28.4 Å². The third-order valence-electron chi connectivity index (χ3n) is 4.98. The van der Waals surface area contributed by atoms with Crippen LogP contribution in [-0.4, -0.2) is 23.4 Å². The van der Waals surface area contributed by atoms with Crippen LogP contribution < -0.4 is 10.1 Å². The van der Waals surface area contributed by atoms with Crippen LogP contribution in [0.5, 0.6) is 5.75 Å². The second-order valence-corrected chi connectivity index (χ2v) is 6.60. The van der Waals surface area contributed by atoms with Crippen molar-refractivity contribution >= 4 is 28.6 Å². The average Bonchev–Trinajstić information content (AvgIpc) is 3.25. The number of aromatic nitrogens is 2. The normalized spacial score (nSPS) is 10.5. The van der Waals surface area contributed by atoms with Crippen LogP contribution >= 0.6 is 0 Å². The molecule has 0 unspecified atom stereocenters. The lowest BCUT2D eigenvalue weighted by molar-refractivity contribution is 0.112. The molecule has 0 bridgehead atoms. The number of nitriles is 1. The van der Waals surface area contributed by atoms with E-state index < -0.39 is 0 Å². The molecule has 0 aliphatic heterocycles. The monoisotopic (exact) mass is 382 g/mol. The highest BCUT2D eigenvalue weighted by Crippen LogP contribution is 2.39. The van der Waals surface area contributed by atoms with Crippen molar-refractivity contribution in [2.24, 2.45) is 0 Å². The van der Waals surface area contributed by atoms with E-state index >= 15 is 0 Å². The van der Waals surface area contributed by atoms with Crippen molar-refractivity contribution in [1.29, 1.82) is 5.26 Å². The number of hydrogen-bond donors (Lipinski definition) is 2. The molecular weight excluding hydrogens is 364 g/mol. The molecular formula is C23H18N4O2. The topological polar surface area (TPSA) is 90.8 Å². The number of anilines is 2. The third kappa shape index (κ3) is 3.19. The Labute approximate surface area is 167 Å². The lowest BCUT2D eigenvalue weighted by Gasteiger charge is -2.17. The lowest BCUT2D eigenvalue weighted by atomic mass is 9.99. The summed E-state index contributed by atoms with van der Waals surface area (Å²) in [5.41, 5.74) is 5.87. The molecule has 0 atom stereocenters. The predicted octanol–water partition coefficient (Wildman–Crippen LogP) is 4.97. The molecule has 0 saturated heterocycles. The van der Waals surface area contributed by atoms with Crippen LogP contribution in [0.2, 0.25) is 0 Å². The van der Waals surface area contributed by atoms with Gasteiger partial charge in [0.25, 0.3) is 0 Å². The van der Waals surface area contributed by atoms with Gasteiger partial charge < -0.3 is 15.0 Å². The molecule has 0 radical (unpaired) electrons. The molecule has 6 heteroatoms. The van der Waals surface area contributed by atoms with Crippen LogP contribution in [0.15, 0.2) is 55.0 Å². The third-order valence-corrected chi connectivity index (χ3v) is 4.98. The Morgan fingerprint density at radius 3 is 2.79 bits per heavy atom. The van der Waals surface area contributed by atoms with Crippen molar-refractivity contribution in [2.75, 3.05) is 12.4 Å². The zero-order valence-corrected chi connectivity index (χ0v) is 16.0. The molecule has 6 nitrogen and oxygen atoms in total. The van der Waals surface area contributed by atoms with Crippen LogP contribution in [0.25, 0.3) is 22.0 Å². The first-order valence-electron chi connectivity index (χ1n) is 9.01. The van der Waals surface area contributed by atoms with E-state index in [4.69, 9.17) is 4.74 Å². The van der Waals surface area contributed by atoms with Crippen molar-refractivity contribution in [3.05, 3.63) is 71.7 Å². The summed E-state index contributed by atoms with van der Waals surface area (Å²) in [6.07, 6.45) is 5.86. The van der Waals surface area contributed by atoms with Crippen molar-refractivity contribution in [2.45, 2.75) is 6.92 Å². The Hall–Kier alpha value is -4.11. The minimum atomic E-state index is 0.398. The van der Waals surface area contributed by atoms with Crippen LogP contribution in [-0.2, 0) is 0 Å². The first-order valence-corrected chi connectivity index (χ1v) is 9.01. The number of hydrogen-bond acceptors (Lipinski definition) is 5. The van der Waals surface area contributed by atoms with Gasteiger partial charge in [0, 0.05) is 51.9 Å². The Morgan fingerprint density at radius 2 is 2.03 bits per heavy atom. The van der Waals surface area contributed by atoms with Crippen molar-refractivity contribution < 1.29 is 9.53 Å². The molecule has 4 rings (SSSR count). The van der Waals surface area contributed by atoms with Gasteiger partial charge in [0.1, 0.15) is 18.1 Å². The Balaban J connectivity index is 1.91. The first kappa shape index (κ1) is 18.3. The van der Waals surface area contributed by atoms with Gasteiger partial charge in [-0.1, -0.05) is 0 Å². The number of ether oxygens (including phenoxy) is 1. The van der Waals surface area contributed by atoms with Crippen LogP contribution in [0, 0.1) is 18.3 Å². The van der Waals surface area contributed by atoms with E-state index in [0.29, 0.717) is 33.7 Å². The number of carbonyl (C=O) groups is 1. The predicted molar refractivity (Wildman–Crippen MR) is 113 cm³/mol. The van der Waals surface area contributed by atoms with E-state index in [1.807, 2.05) is 31.3 Å². The van der Waals surface area contributed by atoms with Gasteiger partial charge in [0.2, 0.25) is 0 Å². The summed E-state index contributed by atoms with van der Waals surface area (Å²) in [4.78, 5) is 18.7. The SMILES string of the molecule is COc1ccc(C=O)cc1-c1cncc(C#N)c1Nc1ccc2[nH]ccc2c1C. The van der Waals surface area contributed by atoms with E-state index in [9.17, 15) is 10.1 Å². The Kier molecular flexibility index (Phi) is 4.71. The zero-order valence-electron chi connectivity index (χ0n) is 16.0. The van der Waals surface area contributed by atoms with Gasteiger partial charge in [-0.15, -0.1) is 0 Å². The summed E-state index contributed by atoms with van der Waals surface area (Å²) >= 11 is 0. The fourth-order valence-electron chi connectivity index (χ4n) is 3.45. The standard InChI is InChI=1S/C23H18N4O2/c1-14-17-7-8-26-21(17)5-4-20(14)27-23-16(10-24)11-25-12-19(23)18-9-15(13-28)3-6-22(18)29-2/h3-9,11-13,26H,1-2H3,(H,25,27). The molecule has 0 fully saturated rings. The van der Waals surface area contributed by atoms with E-state index in [1.54, 1.807) is 31.5 Å². The highest BCUT2D eigenvalue weighted by molar-refractivity contribution is 5.93. The van der Waals surface area contributed by atoms with E-state index in [1.165, 1.54) is 6.20 Å². The maximum absolute atomic E-state index is 11.3. The number of pyridine rings is 1. The molecule has 0 spiro atoms. The number of aryl methyl sites for hydroxylation is 1. The summed E-state index contributed by atoms with van der Waals surface area (Å²) in [5.74, 6) is 0.591. The summed E-state index contributed by atoms with van der Waals surface area (Å²) in [7, 11) is 1.57. The molecule has 142 valence electrons. The first-order chi connectivity index (χ1) is 14.2. The van der Waals surface area contributed by atoms with Crippen molar-refractivity contribution in [1.82, 2.24) is 9.97 Å². The number of rotatable bonds is 5. The second kappa shape index (κ2) is 7.49. The number of benzene rings is 2. The van der Waals surface area contributed by atoms with Gasteiger partial charge >= 0.3 is 0 Å². The fraction of sp³-hybridized carbons (Fsp3) is 0.0870. The molecule has 29 heavy (non-hydrogen) atoms. The van der Waals surface area contributed by atoms with Crippen LogP contribution in [0.4, 0.5) is 11.4 Å². The summed E-state index contributed by atoms with van der Waals surface area (Å²) in [5, 5.41) is 14.2. The Bertz CT molecular complexity index is 1270. The smallest absolute Gasteiger partial charge is 0.150 e. The van der Waals surface area contributed by atoms with Gasteiger partial charge in [-0.25, -0.2) is 0 Å². The molecule has 2 heterocycles. The number of H-pyrrole nitrogens is 1. The van der Waals surface area contributed by atoms with Crippen LogP contribution in [0.1, 0.15) is 21.5 Å². The molecule has 0 aliphatic rings. The molecule has 0 aliphatic carbocycles. The summed E-state index contributed by atoms with van der Waals surface area (Å²) in [6.45, 7) is 2.03. The second-order valence-electron chi connectivity index (χ2n) is 6.60. The average molecular weight is 382 g/mol. The number of aromatic amines is 1. The van der Waals surface area contributed by atoms with Crippen LogP contribution in [0.3, 0.4) is 0 Å². The molecule has 2 N–H and O–H groups in total. The molecule has 2 aromatic carbocycles. The van der Waals surface area contributed by atoms with Gasteiger partial charge in [-0.3, -0.25) is 9.78 Å². The van der Waals surface area contributed by atoms with Crippen molar-refractivity contribution in [3.63, 3.8) is 0 Å². The number of nitrogens with one attached hydrogen (secondary N) is 2. The maximum atomic E-state index is 11.3. The van der Waals surface area contributed by atoms with Gasteiger partial charge in [0.15, 0.2) is 0 Å². The highest BCUT2D eigenvalue weighted by atomic mass is 16.5. The van der Waals surface area contributed by atoms with E-state index in [-0.39, 0.29) is 0 Å². The van der Waals surface area contributed by atoms with Crippen molar-refractivity contribution in [3.8, 4) is 22.9 Å². The van der Waals surface area contributed by atoms with Gasteiger partial charge in [-0.05, 0) is 48.9 Å². The molecule has 0 saturated carbocycles. The quantitative estimate of drug-likeness (QED) is 0.475. The lowest BCUT2D eigenvalue weighted by Crippen LogP contribution is -2.01. The number of aldehydes is 1. The minimum Gasteiger partial charge on any atom is -0.496 e. The molecule has 4 aromatic rings. The number of carbonyl (C=O) groups excluding carboxylic acids is 1. The zero-order chi connectivity index (χ0) is 20.4. The fourth-order valence-corrected chi connectivity index (χ4v) is 3.45. The maximum Gasteiger partial charge on any atom is 0.150 e. The Morgan fingerprint density at radius 1 is 1.17 bits per heavy atom. The minimum absolute atomic E-state index is 0.398. The number of nitrogens with zero attached hydrogens (tertiary/aromatic N) is 2. The largest absolute Gasteiger partial charge is 0.496 e. The number of fused-ring (bicyclic) bond motifs is 1. The summed E-state index contributed by atoms with van der Waals surface area (Å²) < 4.78 is 5.49. The highest BCUT2D eigenvalue weighted by Gasteiger charge is 2.17.